The molecule has 2 heterocycles. The van der Waals surface area contributed by atoms with Crippen molar-refractivity contribution in [2.24, 2.45) is 0 Å². The third kappa shape index (κ3) is 4.12. The van der Waals surface area contributed by atoms with Crippen molar-refractivity contribution in [2.75, 3.05) is 10.0 Å². The molecule has 2 N–H and O–H groups in total. The Morgan fingerprint density at radius 2 is 1.68 bits per heavy atom. The summed E-state index contributed by atoms with van der Waals surface area (Å²) in [5, 5.41) is 19.6. The van der Waals surface area contributed by atoms with Gasteiger partial charge >= 0.3 is 0 Å². The Bertz CT molecular complexity index is 1020. The van der Waals surface area contributed by atoms with Crippen LogP contribution in [0.5, 0.6) is 0 Å². The van der Waals surface area contributed by atoms with Crippen molar-refractivity contribution < 1.29 is 8.42 Å². The summed E-state index contributed by atoms with van der Waals surface area (Å²) in [5.74, 6) is 0.594. The van der Waals surface area contributed by atoms with Gasteiger partial charge in [0.15, 0.2) is 11.6 Å². The zero-order chi connectivity index (χ0) is 17.9. The lowest BCUT2D eigenvalue weighted by atomic mass is 10.2. The van der Waals surface area contributed by atoms with E-state index in [0.717, 1.165) is 10.6 Å². The van der Waals surface area contributed by atoms with E-state index in [1.807, 2.05) is 13.0 Å². The van der Waals surface area contributed by atoms with E-state index >= 15 is 0 Å². The molecule has 126 valence electrons. The molecule has 2 aromatic heterocycles. The van der Waals surface area contributed by atoms with Crippen LogP contribution in [0.25, 0.3) is 0 Å². The van der Waals surface area contributed by atoms with E-state index in [9.17, 15) is 8.42 Å². The highest BCUT2D eigenvalue weighted by molar-refractivity contribution is 7.94. The number of aryl methyl sites for hydroxylation is 1. The first-order valence-electron chi connectivity index (χ1n) is 7.16. The molecule has 0 aliphatic heterocycles. The van der Waals surface area contributed by atoms with Gasteiger partial charge < -0.3 is 5.32 Å². The van der Waals surface area contributed by atoms with Gasteiger partial charge in [0, 0.05) is 10.6 Å². The fourth-order valence-corrected chi connectivity index (χ4v) is 4.25. The molecule has 0 fully saturated rings. The van der Waals surface area contributed by atoms with E-state index in [1.165, 1.54) is 17.4 Å². The van der Waals surface area contributed by atoms with Crippen LogP contribution in [0.4, 0.5) is 17.3 Å². The number of sulfonamides is 1. The second-order valence-electron chi connectivity index (χ2n) is 5.09. The average Bonchev–Trinajstić information content (AvgIpc) is 3.05. The number of nitrogens with zero attached hydrogens (tertiary/aromatic N) is 3. The highest BCUT2D eigenvalue weighted by atomic mass is 32.2. The second-order valence-corrected chi connectivity index (χ2v) is 8.29. The van der Waals surface area contributed by atoms with Crippen LogP contribution >= 0.6 is 11.3 Å². The van der Waals surface area contributed by atoms with Crippen LogP contribution in [0.15, 0.2) is 52.7 Å². The second kappa shape index (κ2) is 6.88. The Labute approximate surface area is 149 Å². The molecule has 0 amide bonds. The van der Waals surface area contributed by atoms with Crippen LogP contribution in [0.1, 0.15) is 10.4 Å². The summed E-state index contributed by atoms with van der Waals surface area (Å²) < 4.78 is 27.1. The first kappa shape index (κ1) is 16.9. The summed E-state index contributed by atoms with van der Waals surface area (Å²) in [5.41, 5.74) is 1.31. The maximum Gasteiger partial charge on any atom is 0.272 e. The number of rotatable bonds is 5. The highest BCUT2D eigenvalue weighted by Gasteiger charge is 2.17. The van der Waals surface area contributed by atoms with Crippen molar-refractivity contribution >= 4 is 38.7 Å². The lowest BCUT2D eigenvalue weighted by Gasteiger charge is -2.07. The average molecular weight is 371 g/mol. The van der Waals surface area contributed by atoms with Crippen LogP contribution in [0.2, 0.25) is 0 Å². The zero-order valence-electron chi connectivity index (χ0n) is 13.1. The Balaban J connectivity index is 1.70. The minimum absolute atomic E-state index is 0.136. The monoisotopic (exact) mass is 371 g/mol. The molecule has 0 bridgehead atoms. The molecule has 3 aromatic rings. The number of thiophene rings is 1. The van der Waals surface area contributed by atoms with Gasteiger partial charge in [-0.3, -0.25) is 4.72 Å². The number of nitrogens with one attached hydrogen (secondary N) is 2. The summed E-state index contributed by atoms with van der Waals surface area (Å²) in [7, 11) is -3.66. The molecule has 1 aromatic carbocycles. The Kier molecular flexibility index (Phi) is 4.65. The molecule has 0 saturated heterocycles. The smallest absolute Gasteiger partial charge is 0.272 e. The summed E-state index contributed by atoms with van der Waals surface area (Å²) in [6, 6.07) is 15.3. The van der Waals surface area contributed by atoms with Crippen molar-refractivity contribution in [3.05, 3.63) is 59.0 Å². The van der Waals surface area contributed by atoms with Crippen molar-refractivity contribution in [3.8, 4) is 6.07 Å². The van der Waals surface area contributed by atoms with Crippen LogP contribution in [-0.2, 0) is 10.0 Å². The van der Waals surface area contributed by atoms with Gasteiger partial charge in [-0.15, -0.1) is 21.5 Å². The number of nitriles is 1. The van der Waals surface area contributed by atoms with Crippen LogP contribution in [0, 0.1) is 18.3 Å². The molecule has 7 nitrogen and oxygen atoms in total. The predicted molar refractivity (Wildman–Crippen MR) is 96.3 cm³/mol. The molecule has 0 unspecified atom stereocenters. The Hall–Kier alpha value is -2.96. The predicted octanol–water partition coefficient (Wildman–Crippen LogP) is 3.26. The normalized spacial score (nSPS) is 10.9. The largest absolute Gasteiger partial charge is 0.339 e. The minimum atomic E-state index is -3.66. The van der Waals surface area contributed by atoms with E-state index in [1.54, 1.807) is 42.5 Å². The van der Waals surface area contributed by atoms with E-state index in [4.69, 9.17) is 5.26 Å². The third-order valence-corrected chi connectivity index (χ3v) is 6.02. The van der Waals surface area contributed by atoms with E-state index in [-0.39, 0.29) is 10.0 Å². The Morgan fingerprint density at radius 3 is 2.24 bits per heavy atom. The van der Waals surface area contributed by atoms with E-state index in [2.05, 4.69) is 20.2 Å². The molecule has 0 saturated carbocycles. The lowest BCUT2D eigenvalue weighted by molar-refractivity contribution is 0.603. The SMILES string of the molecule is Cc1ccc(S(=O)(=O)Nc2ccc(Nc3ccc(C#N)cc3)nn2)s1. The maximum absolute atomic E-state index is 12.2. The summed E-state index contributed by atoms with van der Waals surface area (Å²) in [6.07, 6.45) is 0. The molecule has 9 heteroatoms. The van der Waals surface area contributed by atoms with Crippen molar-refractivity contribution in [2.45, 2.75) is 11.1 Å². The molecule has 0 atom stereocenters. The quantitative estimate of drug-likeness (QED) is 0.713. The fraction of sp³-hybridized carbons (Fsp3) is 0.0625. The molecule has 3 rings (SSSR count). The maximum atomic E-state index is 12.2. The van der Waals surface area contributed by atoms with Crippen LogP contribution in [-0.4, -0.2) is 18.6 Å². The standard InChI is InChI=1S/C16H13N5O2S2/c1-11-2-9-16(24-11)25(22,23)21-15-8-7-14(19-20-15)18-13-5-3-12(10-17)4-6-13/h2-9H,1H3,(H,18,19)(H,20,21). The summed E-state index contributed by atoms with van der Waals surface area (Å²) >= 11 is 1.19. The van der Waals surface area contributed by atoms with Crippen molar-refractivity contribution in [1.82, 2.24) is 10.2 Å². The number of hydrogen-bond acceptors (Lipinski definition) is 7. The molecule has 0 radical (unpaired) electrons. The van der Waals surface area contributed by atoms with E-state index in [0.29, 0.717) is 11.4 Å². The molecular formula is C16H13N5O2S2. The third-order valence-electron chi connectivity index (χ3n) is 3.17. The molecule has 25 heavy (non-hydrogen) atoms. The molecule has 0 spiro atoms. The molecule has 0 aliphatic carbocycles. The summed E-state index contributed by atoms with van der Waals surface area (Å²) in [4.78, 5) is 0.911. The number of hydrogen-bond donors (Lipinski definition) is 2. The van der Waals surface area contributed by atoms with Crippen LogP contribution < -0.4 is 10.0 Å². The topological polar surface area (TPSA) is 108 Å². The minimum Gasteiger partial charge on any atom is -0.339 e. The van der Waals surface area contributed by atoms with Gasteiger partial charge in [0.25, 0.3) is 10.0 Å². The number of benzene rings is 1. The lowest BCUT2D eigenvalue weighted by Crippen LogP contribution is -2.13. The van der Waals surface area contributed by atoms with Gasteiger partial charge in [0.1, 0.15) is 4.21 Å². The fourth-order valence-electron chi connectivity index (χ4n) is 1.97. The first-order chi connectivity index (χ1) is 12.0. The van der Waals surface area contributed by atoms with Crippen LogP contribution in [0.3, 0.4) is 0 Å². The first-order valence-corrected chi connectivity index (χ1v) is 9.46. The zero-order valence-corrected chi connectivity index (χ0v) is 14.7. The van der Waals surface area contributed by atoms with Crippen molar-refractivity contribution in [1.29, 1.82) is 5.26 Å². The molecule has 0 aliphatic rings. The number of anilines is 3. The van der Waals surface area contributed by atoms with Gasteiger partial charge in [-0.1, -0.05) is 0 Å². The van der Waals surface area contributed by atoms with Gasteiger partial charge in [-0.2, -0.15) is 5.26 Å². The van der Waals surface area contributed by atoms with Gasteiger partial charge in [0.05, 0.1) is 11.6 Å². The molecular weight excluding hydrogens is 358 g/mol. The highest BCUT2D eigenvalue weighted by Crippen LogP contribution is 2.23. The Morgan fingerprint density at radius 1 is 1.00 bits per heavy atom. The van der Waals surface area contributed by atoms with Gasteiger partial charge in [0.2, 0.25) is 0 Å². The van der Waals surface area contributed by atoms with E-state index < -0.39 is 10.0 Å². The van der Waals surface area contributed by atoms with Crippen molar-refractivity contribution in [3.63, 3.8) is 0 Å². The number of aromatic nitrogens is 2. The van der Waals surface area contributed by atoms with Gasteiger partial charge in [-0.25, -0.2) is 8.42 Å². The van der Waals surface area contributed by atoms with Gasteiger partial charge in [-0.05, 0) is 55.5 Å². The summed E-state index contributed by atoms with van der Waals surface area (Å²) in [6.45, 7) is 1.84.